The number of sulfonamides is 1. The molecule has 136 valence electrons. The quantitative estimate of drug-likeness (QED) is 0.533. The molecule has 0 saturated heterocycles. The summed E-state index contributed by atoms with van der Waals surface area (Å²) in [4.78, 5) is 7.96. The minimum absolute atomic E-state index is 0.0464. The van der Waals surface area contributed by atoms with E-state index in [-0.39, 0.29) is 4.90 Å². The summed E-state index contributed by atoms with van der Waals surface area (Å²) in [6.07, 6.45) is 1.57. The van der Waals surface area contributed by atoms with E-state index in [0.717, 1.165) is 16.8 Å². The Hall–Kier alpha value is -2.87. The maximum absolute atomic E-state index is 11.5. The van der Waals surface area contributed by atoms with Crippen molar-refractivity contribution in [2.24, 2.45) is 5.14 Å². The molecule has 0 aliphatic heterocycles. The Balaban J connectivity index is 1.86. The van der Waals surface area contributed by atoms with E-state index in [0.29, 0.717) is 22.3 Å². The monoisotopic (exact) mass is 399 g/mol. The second kappa shape index (κ2) is 6.70. The number of nitrogens with one attached hydrogen (secondary N) is 1. The molecule has 8 heteroatoms. The Morgan fingerprint density at radius 1 is 0.963 bits per heavy atom. The first-order valence-corrected chi connectivity index (χ1v) is 9.87. The van der Waals surface area contributed by atoms with Crippen molar-refractivity contribution in [1.82, 2.24) is 9.97 Å². The van der Waals surface area contributed by atoms with Crippen LogP contribution in [0, 0.1) is 0 Å². The first kappa shape index (κ1) is 17.5. The normalized spacial score (nSPS) is 11.6. The van der Waals surface area contributed by atoms with Crippen LogP contribution in [0.15, 0.2) is 76.2 Å². The largest absolute Gasteiger partial charge is 0.461 e. The molecule has 4 rings (SSSR count). The number of nitrogens with two attached hydrogens (primary N) is 1. The number of hydrogen-bond acceptors (Lipinski definition) is 4. The first-order chi connectivity index (χ1) is 12.9. The molecule has 6 nitrogen and oxygen atoms in total. The number of halogens is 1. The van der Waals surface area contributed by atoms with Crippen molar-refractivity contribution in [1.29, 1.82) is 0 Å². The summed E-state index contributed by atoms with van der Waals surface area (Å²) in [7, 11) is -3.75. The number of H-pyrrole nitrogens is 1. The minimum Gasteiger partial charge on any atom is -0.461 e. The Labute approximate surface area is 160 Å². The van der Waals surface area contributed by atoms with Gasteiger partial charge in [0.25, 0.3) is 0 Å². The molecule has 0 aliphatic rings. The Morgan fingerprint density at radius 3 is 2.22 bits per heavy atom. The van der Waals surface area contributed by atoms with Crippen molar-refractivity contribution in [2.75, 3.05) is 0 Å². The van der Waals surface area contributed by atoms with Crippen molar-refractivity contribution in [3.8, 4) is 34.1 Å². The smallest absolute Gasteiger partial charge is 0.238 e. The predicted octanol–water partition coefficient (Wildman–Crippen LogP) is 4.30. The minimum atomic E-state index is -3.75. The molecule has 0 atom stereocenters. The van der Waals surface area contributed by atoms with E-state index in [1.807, 2.05) is 12.1 Å². The summed E-state index contributed by atoms with van der Waals surface area (Å²) in [5, 5.41) is 5.80. The van der Waals surface area contributed by atoms with Crippen LogP contribution in [0.25, 0.3) is 34.1 Å². The highest BCUT2D eigenvalue weighted by molar-refractivity contribution is 7.89. The highest BCUT2D eigenvalue weighted by atomic mass is 35.5. The fourth-order valence-corrected chi connectivity index (χ4v) is 3.38. The van der Waals surface area contributed by atoms with Crippen LogP contribution in [-0.2, 0) is 10.0 Å². The van der Waals surface area contributed by atoms with E-state index in [2.05, 4.69) is 9.97 Å². The molecule has 2 aromatic carbocycles. The van der Waals surface area contributed by atoms with Gasteiger partial charge in [0.1, 0.15) is 0 Å². The van der Waals surface area contributed by atoms with E-state index in [4.69, 9.17) is 21.2 Å². The average Bonchev–Trinajstić information content (AvgIpc) is 3.31. The van der Waals surface area contributed by atoms with Gasteiger partial charge in [0, 0.05) is 16.1 Å². The number of rotatable bonds is 4. The molecule has 0 radical (unpaired) electrons. The number of hydrogen-bond donors (Lipinski definition) is 2. The van der Waals surface area contributed by atoms with Crippen LogP contribution >= 0.6 is 11.6 Å². The molecule has 4 aromatic rings. The number of furan rings is 1. The van der Waals surface area contributed by atoms with E-state index in [1.54, 1.807) is 42.7 Å². The molecule has 0 aliphatic carbocycles. The molecular weight excluding hydrogens is 386 g/mol. The van der Waals surface area contributed by atoms with Gasteiger partial charge in [-0.05, 0) is 36.4 Å². The van der Waals surface area contributed by atoms with E-state index >= 15 is 0 Å². The van der Waals surface area contributed by atoms with Crippen molar-refractivity contribution in [3.63, 3.8) is 0 Å². The van der Waals surface area contributed by atoms with Gasteiger partial charge >= 0.3 is 0 Å². The zero-order valence-electron chi connectivity index (χ0n) is 13.9. The van der Waals surface area contributed by atoms with Crippen molar-refractivity contribution < 1.29 is 12.8 Å². The number of aromatic nitrogens is 2. The fourth-order valence-electron chi connectivity index (χ4n) is 2.74. The molecule has 0 spiro atoms. The Morgan fingerprint density at radius 2 is 1.63 bits per heavy atom. The highest BCUT2D eigenvalue weighted by Gasteiger charge is 2.17. The standard InChI is InChI=1S/C19H14ClN3O3S/c20-14-7-3-12(4-8-14)17-18(23-19(22-17)16-2-1-11-26-16)13-5-9-15(10-6-13)27(21,24)25/h1-11H,(H,22,23)(H2,21,24,25). The van der Waals surface area contributed by atoms with Gasteiger partial charge in [-0.2, -0.15) is 0 Å². The predicted molar refractivity (Wildman–Crippen MR) is 104 cm³/mol. The van der Waals surface area contributed by atoms with Gasteiger partial charge in [0.2, 0.25) is 10.0 Å². The topological polar surface area (TPSA) is 102 Å². The maximum atomic E-state index is 11.5. The summed E-state index contributed by atoms with van der Waals surface area (Å²) in [5.41, 5.74) is 3.04. The third-order valence-corrected chi connectivity index (χ3v) is 5.23. The van der Waals surface area contributed by atoms with Crippen molar-refractivity contribution in [3.05, 3.63) is 71.9 Å². The molecule has 0 fully saturated rings. The third kappa shape index (κ3) is 3.52. The van der Waals surface area contributed by atoms with Crippen LogP contribution in [0.3, 0.4) is 0 Å². The molecule has 3 N–H and O–H groups in total. The summed E-state index contributed by atoms with van der Waals surface area (Å²) in [6.45, 7) is 0. The zero-order chi connectivity index (χ0) is 19.0. The lowest BCUT2D eigenvalue weighted by molar-refractivity contribution is 0.578. The summed E-state index contributed by atoms with van der Waals surface area (Å²) >= 11 is 5.99. The van der Waals surface area contributed by atoms with Crippen LogP contribution in [0.5, 0.6) is 0 Å². The average molecular weight is 400 g/mol. The van der Waals surface area contributed by atoms with Crippen LogP contribution in [0.2, 0.25) is 5.02 Å². The second-order valence-corrected chi connectivity index (χ2v) is 7.86. The summed E-state index contributed by atoms with van der Waals surface area (Å²) < 4.78 is 28.4. The zero-order valence-corrected chi connectivity index (χ0v) is 15.5. The van der Waals surface area contributed by atoms with Gasteiger partial charge in [0.15, 0.2) is 11.6 Å². The van der Waals surface area contributed by atoms with Crippen molar-refractivity contribution in [2.45, 2.75) is 4.90 Å². The van der Waals surface area contributed by atoms with Crippen LogP contribution in [-0.4, -0.2) is 18.4 Å². The molecule has 27 heavy (non-hydrogen) atoms. The second-order valence-electron chi connectivity index (χ2n) is 5.86. The van der Waals surface area contributed by atoms with E-state index in [9.17, 15) is 8.42 Å². The first-order valence-electron chi connectivity index (χ1n) is 7.95. The molecule has 2 aromatic heterocycles. The van der Waals surface area contributed by atoms with E-state index in [1.165, 1.54) is 12.1 Å². The number of benzene rings is 2. The van der Waals surface area contributed by atoms with Gasteiger partial charge in [0.05, 0.1) is 22.5 Å². The molecule has 0 amide bonds. The number of aromatic amines is 1. The van der Waals surface area contributed by atoms with E-state index < -0.39 is 10.0 Å². The van der Waals surface area contributed by atoms with Gasteiger partial charge < -0.3 is 9.40 Å². The van der Waals surface area contributed by atoms with Crippen LogP contribution in [0.4, 0.5) is 0 Å². The summed E-state index contributed by atoms with van der Waals surface area (Å²) in [5.74, 6) is 1.16. The van der Waals surface area contributed by atoms with Crippen molar-refractivity contribution >= 4 is 21.6 Å². The lowest BCUT2D eigenvalue weighted by atomic mass is 10.1. The molecule has 0 unspecified atom stereocenters. The number of imidazole rings is 1. The van der Waals surface area contributed by atoms with Gasteiger partial charge in [-0.3, -0.25) is 0 Å². The van der Waals surface area contributed by atoms with Gasteiger partial charge in [-0.15, -0.1) is 0 Å². The van der Waals surface area contributed by atoms with Gasteiger partial charge in [-0.25, -0.2) is 18.5 Å². The van der Waals surface area contributed by atoms with Crippen LogP contribution in [0.1, 0.15) is 0 Å². The fraction of sp³-hybridized carbons (Fsp3) is 0. The van der Waals surface area contributed by atoms with Gasteiger partial charge in [-0.1, -0.05) is 35.9 Å². The summed E-state index contributed by atoms with van der Waals surface area (Å²) in [6, 6.07) is 17.2. The molecule has 0 saturated carbocycles. The molecule has 0 bridgehead atoms. The lowest BCUT2D eigenvalue weighted by Gasteiger charge is -2.05. The maximum Gasteiger partial charge on any atom is 0.238 e. The highest BCUT2D eigenvalue weighted by Crippen LogP contribution is 2.34. The number of nitrogens with zero attached hydrogens (tertiary/aromatic N) is 1. The Bertz CT molecular complexity index is 1180. The Kier molecular flexibility index (Phi) is 4.35. The lowest BCUT2D eigenvalue weighted by Crippen LogP contribution is -2.11. The third-order valence-electron chi connectivity index (χ3n) is 4.05. The van der Waals surface area contributed by atoms with Crippen LogP contribution < -0.4 is 5.14 Å². The molecule has 2 heterocycles. The SMILES string of the molecule is NS(=O)(=O)c1ccc(-c2[nH]c(-c3ccco3)nc2-c2ccc(Cl)cc2)cc1. The number of primary sulfonamides is 1. The molecular formula is C19H14ClN3O3S.